The zero-order valence-corrected chi connectivity index (χ0v) is 13.5. The van der Waals surface area contributed by atoms with Gasteiger partial charge in [-0.15, -0.1) is 0 Å². The highest BCUT2D eigenvalue weighted by atomic mass is 79.9. The molecule has 0 amide bonds. The molecule has 1 unspecified atom stereocenters. The highest BCUT2D eigenvalue weighted by Gasteiger charge is 2.32. The van der Waals surface area contributed by atoms with Crippen LogP contribution in [0.4, 0.5) is 5.69 Å². The zero-order valence-electron chi connectivity index (χ0n) is 11.9. The maximum atomic E-state index is 3.79. The quantitative estimate of drug-likeness (QED) is 0.766. The molecule has 1 atom stereocenters. The van der Waals surface area contributed by atoms with Gasteiger partial charge in [0.1, 0.15) is 0 Å². The Morgan fingerprint density at radius 3 is 2.56 bits per heavy atom. The normalized spacial score (nSPS) is 22.8. The van der Waals surface area contributed by atoms with Crippen LogP contribution in [-0.2, 0) is 0 Å². The van der Waals surface area contributed by atoms with Gasteiger partial charge in [-0.05, 0) is 65.2 Å². The Kier molecular flexibility index (Phi) is 4.05. The van der Waals surface area contributed by atoms with Crippen LogP contribution in [-0.4, -0.2) is 6.04 Å². The van der Waals surface area contributed by atoms with Crippen LogP contribution in [0, 0.1) is 19.3 Å². The molecule has 1 aliphatic carbocycles. The van der Waals surface area contributed by atoms with Gasteiger partial charge in [-0.3, -0.25) is 0 Å². The predicted octanol–water partition coefficient (Wildman–Crippen LogP) is 5.45. The average Bonchev–Trinajstić information content (AvgIpc) is 2.24. The number of hydrogen-bond acceptors (Lipinski definition) is 1. The lowest BCUT2D eigenvalue weighted by Crippen LogP contribution is -2.39. The fraction of sp³-hybridized carbons (Fsp3) is 0.625. The summed E-state index contributed by atoms with van der Waals surface area (Å²) in [6.07, 6.45) is 5.34. The Hall–Kier alpha value is -0.500. The Balaban J connectivity index is 2.23. The number of hydrogen-bond donors (Lipinski definition) is 1. The molecule has 18 heavy (non-hydrogen) atoms. The molecule has 1 aromatic carbocycles. The van der Waals surface area contributed by atoms with Crippen LogP contribution >= 0.6 is 15.9 Å². The lowest BCUT2D eigenvalue weighted by molar-refractivity contribution is 0.217. The molecule has 1 fully saturated rings. The van der Waals surface area contributed by atoms with Crippen molar-refractivity contribution >= 4 is 21.6 Å². The number of halogens is 1. The summed E-state index contributed by atoms with van der Waals surface area (Å²) in [4.78, 5) is 0. The van der Waals surface area contributed by atoms with Gasteiger partial charge >= 0.3 is 0 Å². The Bertz CT molecular complexity index is 414. The lowest BCUT2D eigenvalue weighted by Gasteiger charge is -2.40. The molecular formula is C16H24BrN. The first-order valence-corrected chi connectivity index (χ1v) is 7.73. The third-order valence-electron chi connectivity index (χ3n) is 4.26. The van der Waals surface area contributed by atoms with E-state index in [0.717, 1.165) is 0 Å². The largest absolute Gasteiger partial charge is 0.381 e. The monoisotopic (exact) mass is 309 g/mol. The minimum absolute atomic E-state index is 0.398. The molecule has 0 aliphatic heterocycles. The Morgan fingerprint density at radius 1 is 1.22 bits per heavy atom. The molecule has 0 bridgehead atoms. The van der Waals surface area contributed by atoms with Crippen LogP contribution in [0.15, 0.2) is 16.6 Å². The molecule has 0 saturated heterocycles. The second-order valence-corrected chi connectivity index (χ2v) is 7.22. The highest BCUT2D eigenvalue weighted by molar-refractivity contribution is 9.10. The molecule has 0 radical (unpaired) electrons. The van der Waals surface area contributed by atoms with E-state index in [1.54, 1.807) is 0 Å². The molecule has 2 heteroatoms. The van der Waals surface area contributed by atoms with Crippen molar-refractivity contribution in [1.29, 1.82) is 0 Å². The van der Waals surface area contributed by atoms with Crippen LogP contribution < -0.4 is 5.32 Å². The first-order valence-electron chi connectivity index (χ1n) is 6.93. The molecule has 0 aromatic heterocycles. The minimum Gasteiger partial charge on any atom is -0.381 e. The summed E-state index contributed by atoms with van der Waals surface area (Å²) in [7, 11) is 0. The van der Waals surface area contributed by atoms with E-state index < -0.39 is 0 Å². The molecule has 1 aromatic rings. The molecular weight excluding hydrogens is 286 g/mol. The van der Waals surface area contributed by atoms with Gasteiger partial charge in [0.05, 0.1) is 5.69 Å². The van der Waals surface area contributed by atoms with E-state index in [0.29, 0.717) is 11.5 Å². The summed E-state index contributed by atoms with van der Waals surface area (Å²) < 4.78 is 1.20. The van der Waals surface area contributed by atoms with Crippen molar-refractivity contribution in [2.75, 3.05) is 5.32 Å². The van der Waals surface area contributed by atoms with Crippen molar-refractivity contribution in [2.24, 2.45) is 5.41 Å². The number of rotatable bonds is 2. The smallest absolute Gasteiger partial charge is 0.0516 e. The molecule has 2 rings (SSSR count). The van der Waals surface area contributed by atoms with Gasteiger partial charge in [0.25, 0.3) is 0 Å². The predicted molar refractivity (Wildman–Crippen MR) is 83.3 cm³/mol. The van der Waals surface area contributed by atoms with Gasteiger partial charge in [-0.1, -0.05) is 32.8 Å². The van der Waals surface area contributed by atoms with Gasteiger partial charge < -0.3 is 5.32 Å². The highest BCUT2D eigenvalue weighted by Crippen LogP contribution is 2.39. The van der Waals surface area contributed by atoms with E-state index in [2.05, 4.69) is 61.1 Å². The Labute approximate surface area is 119 Å². The SMILES string of the molecule is Cc1cc(C)c(NC2CCCCC2(C)C)c(Br)c1. The fourth-order valence-electron chi connectivity index (χ4n) is 3.03. The van der Waals surface area contributed by atoms with E-state index in [1.807, 2.05) is 0 Å². The van der Waals surface area contributed by atoms with Crippen LogP contribution in [0.5, 0.6) is 0 Å². The summed E-state index contributed by atoms with van der Waals surface area (Å²) in [5.41, 5.74) is 4.33. The van der Waals surface area contributed by atoms with E-state index in [4.69, 9.17) is 0 Å². The number of benzene rings is 1. The second kappa shape index (κ2) is 5.24. The van der Waals surface area contributed by atoms with E-state index in [1.165, 1.54) is 47.0 Å². The van der Waals surface area contributed by atoms with Crippen LogP contribution in [0.2, 0.25) is 0 Å². The first-order chi connectivity index (χ1) is 8.40. The summed E-state index contributed by atoms with van der Waals surface area (Å²) in [6.45, 7) is 9.12. The fourth-order valence-corrected chi connectivity index (χ4v) is 3.82. The van der Waals surface area contributed by atoms with Crippen molar-refractivity contribution in [3.05, 3.63) is 27.7 Å². The topological polar surface area (TPSA) is 12.0 Å². The number of anilines is 1. The molecule has 0 heterocycles. The standard InChI is InChI=1S/C16H24BrN/c1-11-9-12(2)15(13(17)10-11)18-14-7-5-6-8-16(14,3)4/h9-10,14,18H,5-8H2,1-4H3. The number of nitrogens with one attached hydrogen (secondary N) is 1. The van der Waals surface area contributed by atoms with E-state index >= 15 is 0 Å². The van der Waals surface area contributed by atoms with Crippen molar-refractivity contribution in [3.8, 4) is 0 Å². The van der Waals surface area contributed by atoms with Crippen molar-refractivity contribution in [2.45, 2.75) is 59.4 Å². The summed E-state index contributed by atoms with van der Waals surface area (Å²) in [5, 5.41) is 3.79. The van der Waals surface area contributed by atoms with Gasteiger partial charge in [-0.2, -0.15) is 0 Å². The molecule has 1 saturated carbocycles. The van der Waals surface area contributed by atoms with Crippen molar-refractivity contribution in [3.63, 3.8) is 0 Å². The molecule has 1 N–H and O–H groups in total. The van der Waals surface area contributed by atoms with Gasteiger partial charge in [0, 0.05) is 10.5 Å². The maximum absolute atomic E-state index is 3.79. The molecule has 0 spiro atoms. The first kappa shape index (κ1) is 13.9. The Morgan fingerprint density at radius 2 is 1.94 bits per heavy atom. The van der Waals surface area contributed by atoms with Crippen LogP contribution in [0.25, 0.3) is 0 Å². The van der Waals surface area contributed by atoms with E-state index in [-0.39, 0.29) is 0 Å². The van der Waals surface area contributed by atoms with Gasteiger partial charge in [-0.25, -0.2) is 0 Å². The third-order valence-corrected chi connectivity index (χ3v) is 4.88. The minimum atomic E-state index is 0.398. The lowest BCUT2D eigenvalue weighted by atomic mass is 9.73. The van der Waals surface area contributed by atoms with Crippen LogP contribution in [0.3, 0.4) is 0 Å². The van der Waals surface area contributed by atoms with E-state index in [9.17, 15) is 0 Å². The molecule has 100 valence electrons. The molecule has 1 nitrogen and oxygen atoms in total. The maximum Gasteiger partial charge on any atom is 0.0516 e. The summed E-state index contributed by atoms with van der Waals surface area (Å²) >= 11 is 3.70. The molecule has 1 aliphatic rings. The average molecular weight is 310 g/mol. The summed E-state index contributed by atoms with van der Waals surface area (Å²) in [6, 6.07) is 5.04. The second-order valence-electron chi connectivity index (χ2n) is 6.37. The third kappa shape index (κ3) is 2.90. The zero-order chi connectivity index (χ0) is 13.3. The summed E-state index contributed by atoms with van der Waals surface area (Å²) in [5.74, 6) is 0. The van der Waals surface area contributed by atoms with Gasteiger partial charge in [0.15, 0.2) is 0 Å². The van der Waals surface area contributed by atoms with Crippen molar-refractivity contribution in [1.82, 2.24) is 0 Å². The van der Waals surface area contributed by atoms with Gasteiger partial charge in [0.2, 0.25) is 0 Å². The van der Waals surface area contributed by atoms with Crippen molar-refractivity contribution < 1.29 is 0 Å². The number of aryl methyl sites for hydroxylation is 2. The van der Waals surface area contributed by atoms with Crippen LogP contribution in [0.1, 0.15) is 50.7 Å².